The highest BCUT2D eigenvalue weighted by Crippen LogP contribution is 2.34. The van der Waals surface area contributed by atoms with E-state index in [1.807, 2.05) is 57.2 Å². The number of aliphatic hydroxyl groups excluding tert-OH is 1. The zero-order valence-corrected chi connectivity index (χ0v) is 30.1. The lowest BCUT2D eigenvalue weighted by Crippen LogP contribution is -2.35. The number of para-hydroxylation sites is 1. The van der Waals surface area contributed by atoms with Crippen LogP contribution in [0.4, 0.5) is 5.13 Å². The average molecular weight is 681 g/mol. The number of ether oxygens (including phenoxy) is 2. The number of amides is 1. The van der Waals surface area contributed by atoms with Crippen molar-refractivity contribution in [2.75, 3.05) is 24.7 Å². The normalized spacial score (nSPS) is 14.3. The molecule has 1 aliphatic heterocycles. The SMILES string of the molecule is CC(C)(C)OC(=O)c1nc(N2CCc3cccc(C(=O)NC(OCC[Si](C)(C)C)c4nc5ccccc5s4)c3C2)sc1CCCO. The van der Waals surface area contributed by atoms with E-state index in [-0.39, 0.29) is 12.5 Å². The van der Waals surface area contributed by atoms with Crippen LogP contribution in [-0.2, 0) is 28.9 Å². The Morgan fingerprint density at radius 3 is 2.59 bits per heavy atom. The van der Waals surface area contributed by atoms with Crippen molar-refractivity contribution in [3.05, 3.63) is 74.7 Å². The van der Waals surface area contributed by atoms with Crippen molar-refractivity contribution in [1.82, 2.24) is 15.3 Å². The zero-order chi connectivity index (χ0) is 33.1. The molecular weight excluding hydrogens is 637 g/mol. The summed E-state index contributed by atoms with van der Waals surface area (Å²) in [6.07, 6.45) is 1.13. The molecule has 2 aromatic heterocycles. The topological polar surface area (TPSA) is 114 Å². The largest absolute Gasteiger partial charge is 0.455 e. The molecular formula is C34H44N4O5S2Si. The number of nitrogens with zero attached hydrogens (tertiary/aromatic N) is 3. The quantitative estimate of drug-likeness (QED) is 0.0937. The minimum absolute atomic E-state index is 0.0242. The van der Waals surface area contributed by atoms with Gasteiger partial charge in [-0.15, -0.1) is 22.7 Å². The maximum atomic E-state index is 14.0. The van der Waals surface area contributed by atoms with Gasteiger partial charge in [0, 0.05) is 44.8 Å². The summed E-state index contributed by atoms with van der Waals surface area (Å²) >= 11 is 2.98. The number of rotatable bonds is 12. The van der Waals surface area contributed by atoms with E-state index in [2.05, 4.69) is 35.9 Å². The second-order valence-electron chi connectivity index (χ2n) is 13.8. The first-order valence-electron chi connectivity index (χ1n) is 15.8. The second-order valence-corrected chi connectivity index (χ2v) is 21.5. The van der Waals surface area contributed by atoms with Crippen LogP contribution in [0, 0.1) is 0 Å². The molecule has 1 amide bonds. The second kappa shape index (κ2) is 14.3. The predicted octanol–water partition coefficient (Wildman–Crippen LogP) is 6.98. The van der Waals surface area contributed by atoms with Gasteiger partial charge in [-0.1, -0.05) is 43.9 Å². The number of aromatic nitrogens is 2. The number of hydrogen-bond acceptors (Lipinski definition) is 10. The molecule has 46 heavy (non-hydrogen) atoms. The van der Waals surface area contributed by atoms with Crippen LogP contribution in [0.15, 0.2) is 42.5 Å². The van der Waals surface area contributed by atoms with Crippen molar-refractivity contribution in [3.8, 4) is 0 Å². The van der Waals surface area contributed by atoms with Crippen LogP contribution in [0.5, 0.6) is 0 Å². The molecule has 0 spiro atoms. The van der Waals surface area contributed by atoms with Crippen LogP contribution in [0.25, 0.3) is 10.2 Å². The van der Waals surface area contributed by atoms with Gasteiger partial charge in [-0.3, -0.25) is 4.79 Å². The highest BCUT2D eigenvalue weighted by Gasteiger charge is 2.30. The fraction of sp³-hybridized carbons (Fsp3) is 0.471. The molecule has 12 heteroatoms. The van der Waals surface area contributed by atoms with Gasteiger partial charge < -0.3 is 24.8 Å². The first-order chi connectivity index (χ1) is 21.8. The Morgan fingerprint density at radius 2 is 1.87 bits per heavy atom. The maximum Gasteiger partial charge on any atom is 0.358 e. The van der Waals surface area contributed by atoms with Crippen LogP contribution in [0.2, 0.25) is 25.7 Å². The number of hydrogen-bond donors (Lipinski definition) is 2. The summed E-state index contributed by atoms with van der Waals surface area (Å²) in [4.78, 5) is 39.5. The minimum atomic E-state index is -1.36. The molecule has 0 saturated carbocycles. The van der Waals surface area contributed by atoms with E-state index in [0.29, 0.717) is 48.9 Å². The Hall–Kier alpha value is -3.16. The van der Waals surface area contributed by atoms with E-state index in [1.165, 1.54) is 22.7 Å². The van der Waals surface area contributed by atoms with Gasteiger partial charge >= 0.3 is 5.97 Å². The smallest absolute Gasteiger partial charge is 0.358 e. The van der Waals surface area contributed by atoms with E-state index in [4.69, 9.17) is 19.4 Å². The molecule has 0 radical (unpaired) electrons. The standard InChI is InChI=1S/C34H44N4O5S2Si/c1-34(2,3)43-32(41)28-27(15-10-18-39)45-33(36-28)38-17-16-22-11-9-12-23(24(22)21-38)29(40)37-30(42-19-20-46(4,5)6)31-35-25-13-7-8-14-26(25)44-31/h7-9,11-14,30,39H,10,15-21H2,1-6H3,(H,37,40). The summed E-state index contributed by atoms with van der Waals surface area (Å²) < 4.78 is 13.0. The number of anilines is 1. The van der Waals surface area contributed by atoms with Crippen molar-refractivity contribution in [2.45, 2.75) is 84.1 Å². The third kappa shape index (κ3) is 8.59. The average Bonchev–Trinajstić information content (AvgIpc) is 3.62. The van der Waals surface area contributed by atoms with Crippen LogP contribution < -0.4 is 10.2 Å². The van der Waals surface area contributed by atoms with E-state index < -0.39 is 25.9 Å². The highest BCUT2D eigenvalue weighted by atomic mass is 32.1. The third-order valence-electron chi connectivity index (χ3n) is 7.56. The molecule has 246 valence electrons. The van der Waals surface area contributed by atoms with Gasteiger partial charge in [0.25, 0.3) is 5.91 Å². The lowest BCUT2D eigenvalue weighted by atomic mass is 9.94. The highest BCUT2D eigenvalue weighted by molar-refractivity contribution is 7.18. The summed E-state index contributed by atoms with van der Waals surface area (Å²) in [6.45, 7) is 14.1. The van der Waals surface area contributed by atoms with Crippen molar-refractivity contribution >= 4 is 58.0 Å². The Morgan fingerprint density at radius 1 is 1.09 bits per heavy atom. The van der Waals surface area contributed by atoms with E-state index in [9.17, 15) is 14.7 Å². The molecule has 1 aliphatic rings. The summed E-state index contributed by atoms with van der Waals surface area (Å²) in [5.74, 6) is -0.677. The first-order valence-corrected chi connectivity index (χ1v) is 21.1. The molecule has 1 unspecified atom stereocenters. The molecule has 0 saturated heterocycles. The van der Waals surface area contributed by atoms with Crippen LogP contribution in [-0.4, -0.2) is 60.4 Å². The Bertz CT molecular complexity index is 1660. The fourth-order valence-corrected chi connectivity index (χ4v) is 8.00. The van der Waals surface area contributed by atoms with Crippen molar-refractivity contribution in [3.63, 3.8) is 0 Å². The number of nitrogens with one attached hydrogen (secondary N) is 1. The zero-order valence-electron chi connectivity index (χ0n) is 27.5. The van der Waals surface area contributed by atoms with Gasteiger partial charge in [-0.05, 0) is 75.4 Å². The number of benzene rings is 2. The summed E-state index contributed by atoms with van der Waals surface area (Å²) in [5.41, 5.74) is 3.17. The number of carbonyl (C=O) groups is 2. The number of fused-ring (bicyclic) bond motifs is 2. The molecule has 4 aromatic rings. The molecule has 0 fully saturated rings. The number of esters is 1. The van der Waals surface area contributed by atoms with Crippen LogP contribution in [0.3, 0.4) is 0 Å². The van der Waals surface area contributed by atoms with Crippen molar-refractivity contribution < 1.29 is 24.2 Å². The summed E-state index contributed by atoms with van der Waals surface area (Å²) in [7, 11) is -1.36. The third-order valence-corrected chi connectivity index (χ3v) is 11.5. The van der Waals surface area contributed by atoms with Gasteiger partial charge in [0.15, 0.2) is 17.1 Å². The Labute approximate surface area is 280 Å². The molecule has 9 nitrogen and oxygen atoms in total. The lowest BCUT2D eigenvalue weighted by Gasteiger charge is -2.30. The fourth-order valence-electron chi connectivity index (χ4n) is 5.18. The van der Waals surface area contributed by atoms with Crippen molar-refractivity contribution in [1.29, 1.82) is 0 Å². The first kappa shape index (κ1) is 34.2. The number of thiazole rings is 2. The van der Waals surface area contributed by atoms with Gasteiger partial charge in [-0.2, -0.15) is 0 Å². The van der Waals surface area contributed by atoms with Gasteiger partial charge in [0.1, 0.15) is 10.6 Å². The summed E-state index contributed by atoms with van der Waals surface area (Å²) in [5, 5.41) is 14.0. The van der Waals surface area contributed by atoms with E-state index in [1.54, 1.807) is 0 Å². The predicted molar refractivity (Wildman–Crippen MR) is 188 cm³/mol. The van der Waals surface area contributed by atoms with E-state index >= 15 is 0 Å². The molecule has 2 N–H and O–H groups in total. The maximum absolute atomic E-state index is 14.0. The molecule has 1 atom stereocenters. The van der Waals surface area contributed by atoms with E-state index in [0.717, 1.165) is 43.7 Å². The van der Waals surface area contributed by atoms with Gasteiger partial charge in [0.05, 0.1) is 10.2 Å². The van der Waals surface area contributed by atoms with Gasteiger partial charge in [-0.25, -0.2) is 14.8 Å². The monoisotopic (exact) mass is 680 g/mol. The van der Waals surface area contributed by atoms with Gasteiger partial charge in [0.2, 0.25) is 0 Å². The van der Waals surface area contributed by atoms with Crippen LogP contribution in [0.1, 0.15) is 75.3 Å². The minimum Gasteiger partial charge on any atom is -0.455 e. The Kier molecular flexibility index (Phi) is 10.6. The lowest BCUT2D eigenvalue weighted by molar-refractivity contribution is 0.00621. The molecule has 5 rings (SSSR count). The molecule has 0 aliphatic carbocycles. The van der Waals surface area contributed by atoms with Crippen LogP contribution >= 0.6 is 22.7 Å². The number of aliphatic hydroxyl groups is 1. The summed E-state index contributed by atoms with van der Waals surface area (Å²) in [6, 6.07) is 14.8. The molecule has 0 bridgehead atoms. The Balaban J connectivity index is 1.40. The molecule has 2 aromatic carbocycles. The molecule has 3 heterocycles. The van der Waals surface area contributed by atoms with Crippen molar-refractivity contribution in [2.24, 2.45) is 0 Å². The number of carbonyl (C=O) groups excluding carboxylic acids is 2. The number of aryl methyl sites for hydroxylation is 1.